The van der Waals surface area contributed by atoms with E-state index in [0.29, 0.717) is 13.2 Å². The number of hydrogen-bond acceptors (Lipinski definition) is 3. The third-order valence-corrected chi connectivity index (χ3v) is 2.61. The molecule has 0 spiro atoms. The average molecular weight is 247 g/mol. The van der Waals surface area contributed by atoms with Gasteiger partial charge in [0.25, 0.3) is 0 Å². The van der Waals surface area contributed by atoms with Crippen LogP contribution in [0.4, 0.5) is 0 Å². The molecule has 96 valence electrons. The molecule has 0 bridgehead atoms. The third-order valence-electron chi connectivity index (χ3n) is 2.61. The zero-order chi connectivity index (χ0) is 12.8. The highest BCUT2D eigenvalue weighted by Crippen LogP contribution is 2.13. The molecule has 1 amide bonds. The lowest BCUT2D eigenvalue weighted by Crippen LogP contribution is -2.23. The fraction of sp³-hybridized carbons (Fsp3) is 0.308. The van der Waals surface area contributed by atoms with E-state index in [1.807, 2.05) is 6.20 Å². The first kappa shape index (κ1) is 12.6. The number of rotatable bonds is 7. The van der Waals surface area contributed by atoms with Gasteiger partial charge < -0.3 is 20.8 Å². The smallest absolute Gasteiger partial charge is 0.243 e. The molecule has 1 heterocycles. The van der Waals surface area contributed by atoms with Gasteiger partial charge >= 0.3 is 0 Å². The van der Waals surface area contributed by atoms with Crippen molar-refractivity contribution in [1.82, 2.24) is 10.3 Å². The Kier molecular flexibility index (Phi) is 4.33. The molecule has 0 radical (unpaired) electrons. The molecule has 0 aliphatic rings. The summed E-state index contributed by atoms with van der Waals surface area (Å²) < 4.78 is 5.05. The van der Waals surface area contributed by atoms with E-state index in [9.17, 15) is 4.79 Å². The normalized spacial score (nSPS) is 10.9. The molecule has 1 aromatic carbocycles. The van der Waals surface area contributed by atoms with Crippen molar-refractivity contribution in [3.05, 3.63) is 36.0 Å². The Labute approximate surface area is 105 Å². The summed E-state index contributed by atoms with van der Waals surface area (Å²) >= 11 is 0. The van der Waals surface area contributed by atoms with Gasteiger partial charge in [0.2, 0.25) is 5.91 Å². The van der Waals surface area contributed by atoms with Crippen molar-refractivity contribution in [2.45, 2.75) is 6.54 Å². The van der Waals surface area contributed by atoms with Crippen LogP contribution in [-0.2, 0) is 16.1 Å². The van der Waals surface area contributed by atoms with Crippen LogP contribution in [0, 0.1) is 0 Å². The van der Waals surface area contributed by atoms with E-state index >= 15 is 0 Å². The zero-order valence-electron chi connectivity index (χ0n) is 10.1. The summed E-state index contributed by atoms with van der Waals surface area (Å²) in [5.41, 5.74) is 7.32. The Morgan fingerprint density at radius 1 is 1.39 bits per heavy atom. The molecule has 4 N–H and O–H groups in total. The van der Waals surface area contributed by atoms with Gasteiger partial charge in [0.15, 0.2) is 0 Å². The molecule has 2 aromatic rings. The molecule has 0 atom stereocenters. The second-order valence-electron chi connectivity index (χ2n) is 4.09. The molecular weight excluding hydrogens is 230 g/mol. The fourth-order valence-electron chi connectivity index (χ4n) is 1.76. The van der Waals surface area contributed by atoms with E-state index in [0.717, 1.165) is 12.1 Å². The number of aromatic amines is 1. The molecule has 0 aliphatic heterocycles. The minimum atomic E-state index is -0.437. The van der Waals surface area contributed by atoms with E-state index in [1.54, 1.807) is 0 Å². The van der Waals surface area contributed by atoms with Crippen LogP contribution in [0.5, 0.6) is 0 Å². The van der Waals surface area contributed by atoms with Crippen molar-refractivity contribution in [2.75, 3.05) is 19.8 Å². The van der Waals surface area contributed by atoms with E-state index in [2.05, 4.69) is 34.6 Å². The maximum absolute atomic E-state index is 10.4. The zero-order valence-corrected chi connectivity index (χ0v) is 10.1. The van der Waals surface area contributed by atoms with E-state index in [4.69, 9.17) is 10.5 Å². The number of nitrogens with one attached hydrogen (secondary N) is 2. The summed E-state index contributed by atoms with van der Waals surface area (Å²) in [5.74, 6) is -0.437. The molecule has 0 aliphatic carbocycles. The molecule has 0 saturated heterocycles. The van der Waals surface area contributed by atoms with E-state index in [1.165, 1.54) is 10.9 Å². The number of aromatic nitrogens is 1. The Morgan fingerprint density at radius 2 is 2.28 bits per heavy atom. The highest BCUT2D eigenvalue weighted by Gasteiger charge is 1.97. The van der Waals surface area contributed by atoms with Gasteiger partial charge in [-0.05, 0) is 29.1 Å². The first-order chi connectivity index (χ1) is 8.75. The van der Waals surface area contributed by atoms with Crippen LogP contribution in [0.2, 0.25) is 0 Å². The van der Waals surface area contributed by atoms with E-state index < -0.39 is 5.91 Å². The number of nitrogens with two attached hydrogens (primary N) is 1. The summed E-state index contributed by atoms with van der Waals surface area (Å²) in [6.45, 7) is 1.94. The van der Waals surface area contributed by atoms with Crippen molar-refractivity contribution in [3.63, 3.8) is 0 Å². The van der Waals surface area contributed by atoms with Crippen LogP contribution in [0.25, 0.3) is 10.9 Å². The fourth-order valence-corrected chi connectivity index (χ4v) is 1.76. The van der Waals surface area contributed by atoms with Gasteiger partial charge in [-0.15, -0.1) is 0 Å². The summed E-state index contributed by atoms with van der Waals surface area (Å²) in [4.78, 5) is 13.6. The Balaban J connectivity index is 1.71. The first-order valence-corrected chi connectivity index (χ1v) is 5.88. The number of carbonyl (C=O) groups excluding carboxylic acids is 1. The van der Waals surface area contributed by atoms with Crippen molar-refractivity contribution >= 4 is 16.8 Å². The highest BCUT2D eigenvalue weighted by atomic mass is 16.5. The molecule has 1 aromatic heterocycles. The minimum Gasteiger partial charge on any atom is -0.370 e. The van der Waals surface area contributed by atoms with E-state index in [-0.39, 0.29) is 6.61 Å². The van der Waals surface area contributed by atoms with Gasteiger partial charge in [0.05, 0.1) is 6.61 Å². The predicted octanol–water partition coefficient (Wildman–Crippen LogP) is 0.759. The predicted molar refractivity (Wildman–Crippen MR) is 70.0 cm³/mol. The van der Waals surface area contributed by atoms with Crippen molar-refractivity contribution in [3.8, 4) is 0 Å². The lowest BCUT2D eigenvalue weighted by Gasteiger charge is -2.05. The molecule has 5 heteroatoms. The maximum Gasteiger partial charge on any atom is 0.243 e. The number of benzene rings is 1. The Hall–Kier alpha value is -1.85. The van der Waals surface area contributed by atoms with Gasteiger partial charge in [0, 0.05) is 24.8 Å². The maximum atomic E-state index is 10.4. The topological polar surface area (TPSA) is 80.1 Å². The largest absolute Gasteiger partial charge is 0.370 e. The van der Waals surface area contributed by atoms with Gasteiger partial charge in [-0.2, -0.15) is 0 Å². The number of primary amides is 1. The summed E-state index contributed by atoms with van der Waals surface area (Å²) in [7, 11) is 0. The highest BCUT2D eigenvalue weighted by molar-refractivity contribution is 5.79. The number of carbonyl (C=O) groups is 1. The molecular formula is C13H17N3O2. The molecule has 5 nitrogen and oxygen atoms in total. The monoisotopic (exact) mass is 247 g/mol. The first-order valence-electron chi connectivity index (χ1n) is 5.88. The lowest BCUT2D eigenvalue weighted by atomic mass is 10.1. The Morgan fingerprint density at radius 3 is 3.11 bits per heavy atom. The number of amides is 1. The van der Waals surface area contributed by atoms with Crippen LogP contribution in [0.3, 0.4) is 0 Å². The standard InChI is InChI=1S/C13H17N3O2/c14-13(17)9-18-6-5-15-8-10-1-2-12-11(7-10)3-4-16-12/h1-4,7,15-16H,5-6,8-9H2,(H2,14,17). The average Bonchev–Trinajstić information content (AvgIpc) is 2.80. The number of hydrogen-bond donors (Lipinski definition) is 3. The van der Waals surface area contributed by atoms with Gasteiger partial charge in [-0.25, -0.2) is 0 Å². The van der Waals surface area contributed by atoms with Crippen molar-refractivity contribution in [1.29, 1.82) is 0 Å². The summed E-state index contributed by atoms with van der Waals surface area (Å²) in [6.07, 6.45) is 1.93. The number of H-pyrrole nitrogens is 1. The Bertz CT molecular complexity index is 522. The second kappa shape index (κ2) is 6.18. The number of fused-ring (bicyclic) bond motifs is 1. The van der Waals surface area contributed by atoms with Crippen LogP contribution >= 0.6 is 0 Å². The van der Waals surface area contributed by atoms with Gasteiger partial charge in [-0.3, -0.25) is 4.79 Å². The molecule has 0 fully saturated rings. The second-order valence-corrected chi connectivity index (χ2v) is 4.09. The van der Waals surface area contributed by atoms with Gasteiger partial charge in [0.1, 0.15) is 6.61 Å². The van der Waals surface area contributed by atoms with Crippen molar-refractivity contribution < 1.29 is 9.53 Å². The van der Waals surface area contributed by atoms with Crippen LogP contribution in [0.1, 0.15) is 5.56 Å². The number of ether oxygens (including phenoxy) is 1. The minimum absolute atomic E-state index is 0.0169. The molecule has 2 rings (SSSR count). The summed E-state index contributed by atoms with van der Waals surface area (Å²) in [6, 6.07) is 8.34. The lowest BCUT2D eigenvalue weighted by molar-refractivity contribution is -0.122. The van der Waals surface area contributed by atoms with Crippen molar-refractivity contribution in [2.24, 2.45) is 5.73 Å². The van der Waals surface area contributed by atoms with Crippen LogP contribution < -0.4 is 11.1 Å². The van der Waals surface area contributed by atoms with Crippen LogP contribution in [-0.4, -0.2) is 30.6 Å². The molecule has 0 unspecified atom stereocenters. The molecule has 18 heavy (non-hydrogen) atoms. The summed E-state index contributed by atoms with van der Waals surface area (Å²) in [5, 5.41) is 4.45. The van der Waals surface area contributed by atoms with Gasteiger partial charge in [-0.1, -0.05) is 6.07 Å². The quantitative estimate of drug-likeness (QED) is 0.632. The molecule has 0 saturated carbocycles. The SMILES string of the molecule is NC(=O)COCCNCc1ccc2[nH]ccc2c1. The van der Waals surface area contributed by atoms with Crippen LogP contribution in [0.15, 0.2) is 30.5 Å². The third kappa shape index (κ3) is 3.58.